The molecule has 84 valence electrons. The van der Waals surface area contributed by atoms with Crippen LogP contribution in [0.25, 0.3) is 11.2 Å². The van der Waals surface area contributed by atoms with Gasteiger partial charge in [-0.25, -0.2) is 9.98 Å². The van der Waals surface area contributed by atoms with Crippen LogP contribution in [-0.4, -0.2) is 52.4 Å². The molecule has 2 aromatic heterocycles. The third-order valence-electron chi connectivity index (χ3n) is 1.84. The zero-order valence-electron chi connectivity index (χ0n) is 9.30. The van der Waals surface area contributed by atoms with Crippen LogP contribution in [0.4, 0.5) is 5.95 Å². The van der Waals surface area contributed by atoms with E-state index in [1.807, 2.05) is 14.1 Å². The second-order valence-electron chi connectivity index (χ2n) is 3.34. The number of H-pyrrole nitrogens is 1. The number of aliphatic imine (C=N–C) groups is 1. The fourth-order valence-electron chi connectivity index (χ4n) is 1.17. The Hall–Kier alpha value is -2.18. The van der Waals surface area contributed by atoms with Crippen LogP contribution in [0.2, 0.25) is 0 Å². The Morgan fingerprint density at radius 2 is 2.25 bits per heavy atom. The third-order valence-corrected chi connectivity index (χ3v) is 1.84. The lowest BCUT2D eigenvalue weighted by Crippen LogP contribution is -2.07. The Bertz CT molecular complexity index is 518. The molecular weight excluding hydrogens is 208 g/mol. The van der Waals surface area contributed by atoms with Gasteiger partial charge in [0.1, 0.15) is 5.52 Å². The number of hydrogen-bond acceptors (Lipinski definition) is 5. The smallest absolute Gasteiger partial charge is 0.256 e. The predicted octanol–water partition coefficient (Wildman–Crippen LogP) is 0.583. The van der Waals surface area contributed by atoms with E-state index in [0.29, 0.717) is 23.0 Å². The molecule has 7 heteroatoms. The van der Waals surface area contributed by atoms with Crippen molar-refractivity contribution in [1.29, 1.82) is 0 Å². The fraction of sp³-hybridized carbons (Fsp3) is 0.333. The molecule has 0 aliphatic heterocycles. The zero-order chi connectivity index (χ0) is 11.5. The minimum atomic E-state index is 0.324. The quantitative estimate of drug-likeness (QED) is 0.604. The van der Waals surface area contributed by atoms with Gasteiger partial charge in [-0.05, 0) is 0 Å². The minimum absolute atomic E-state index is 0.324. The normalized spacial score (nSPS) is 11.2. The first-order valence-corrected chi connectivity index (χ1v) is 4.66. The van der Waals surface area contributed by atoms with Gasteiger partial charge in [-0.1, -0.05) is 0 Å². The monoisotopic (exact) mass is 220 g/mol. The summed E-state index contributed by atoms with van der Waals surface area (Å²) in [5.74, 6) is 0.763. The van der Waals surface area contributed by atoms with Gasteiger partial charge in [0.25, 0.3) is 5.95 Å². The highest BCUT2D eigenvalue weighted by Gasteiger charge is 2.08. The lowest BCUT2D eigenvalue weighted by molar-refractivity contribution is 0.402. The molecule has 0 aliphatic carbocycles. The van der Waals surface area contributed by atoms with E-state index in [1.54, 1.807) is 24.7 Å². The number of ether oxygens (including phenoxy) is 1. The van der Waals surface area contributed by atoms with Crippen LogP contribution in [0.15, 0.2) is 11.3 Å². The molecule has 0 atom stereocenters. The van der Waals surface area contributed by atoms with Gasteiger partial charge >= 0.3 is 0 Å². The molecule has 0 saturated carbocycles. The summed E-state index contributed by atoms with van der Waals surface area (Å²) >= 11 is 0. The standard InChI is InChI=1S/C9H12N6O/c1-15(2)5-12-9-13-7-6(10-4-11-7)8(14-9)16-3/h4-5H,1-3H3,(H,10,11,13,14)/b12-5+. The maximum absolute atomic E-state index is 5.12. The van der Waals surface area contributed by atoms with E-state index in [-0.39, 0.29) is 0 Å². The van der Waals surface area contributed by atoms with E-state index >= 15 is 0 Å². The highest BCUT2D eigenvalue weighted by molar-refractivity contribution is 5.77. The Morgan fingerprint density at radius 3 is 2.94 bits per heavy atom. The number of aromatic nitrogens is 4. The second kappa shape index (κ2) is 4.13. The van der Waals surface area contributed by atoms with E-state index in [0.717, 1.165) is 0 Å². The van der Waals surface area contributed by atoms with E-state index in [1.165, 1.54) is 0 Å². The first-order valence-electron chi connectivity index (χ1n) is 4.66. The summed E-state index contributed by atoms with van der Waals surface area (Å²) in [5.41, 5.74) is 1.21. The lowest BCUT2D eigenvalue weighted by atomic mass is 10.5. The number of fused-ring (bicyclic) bond motifs is 1. The molecule has 2 aromatic rings. The van der Waals surface area contributed by atoms with Crippen molar-refractivity contribution in [3.8, 4) is 5.88 Å². The second-order valence-corrected chi connectivity index (χ2v) is 3.34. The molecule has 0 radical (unpaired) electrons. The number of methoxy groups -OCH3 is 1. The molecule has 0 spiro atoms. The maximum atomic E-state index is 5.12. The van der Waals surface area contributed by atoms with Gasteiger partial charge < -0.3 is 14.6 Å². The van der Waals surface area contributed by atoms with Gasteiger partial charge in [-0.2, -0.15) is 9.97 Å². The molecule has 7 nitrogen and oxygen atoms in total. The number of imidazole rings is 1. The van der Waals surface area contributed by atoms with Gasteiger partial charge in [0, 0.05) is 14.1 Å². The molecular formula is C9H12N6O. The van der Waals surface area contributed by atoms with E-state index in [2.05, 4.69) is 24.9 Å². The van der Waals surface area contributed by atoms with Crippen molar-refractivity contribution in [3.63, 3.8) is 0 Å². The zero-order valence-corrected chi connectivity index (χ0v) is 9.30. The average molecular weight is 220 g/mol. The van der Waals surface area contributed by atoms with Crippen LogP contribution in [0, 0.1) is 0 Å². The number of aromatic amines is 1. The number of hydrogen-bond donors (Lipinski definition) is 1. The summed E-state index contributed by atoms with van der Waals surface area (Å²) in [5, 5.41) is 0. The van der Waals surface area contributed by atoms with Crippen LogP contribution in [0.1, 0.15) is 0 Å². The number of nitrogens with one attached hydrogen (secondary N) is 1. The Labute approximate surface area is 92.2 Å². The molecule has 0 fully saturated rings. The summed E-state index contributed by atoms with van der Waals surface area (Å²) < 4.78 is 5.12. The highest BCUT2D eigenvalue weighted by atomic mass is 16.5. The van der Waals surface area contributed by atoms with Crippen molar-refractivity contribution in [2.45, 2.75) is 0 Å². The molecule has 1 N–H and O–H groups in total. The van der Waals surface area contributed by atoms with E-state index in [9.17, 15) is 0 Å². The molecule has 2 rings (SSSR count). The predicted molar refractivity (Wildman–Crippen MR) is 60.1 cm³/mol. The highest BCUT2D eigenvalue weighted by Crippen LogP contribution is 2.21. The molecule has 0 aromatic carbocycles. The van der Waals surface area contributed by atoms with Gasteiger partial charge in [-0.15, -0.1) is 0 Å². The number of rotatable bonds is 3. The first kappa shape index (κ1) is 10.3. The SMILES string of the molecule is COc1nc(/N=C/N(C)C)nc2nc[nH]c12. The molecule has 16 heavy (non-hydrogen) atoms. The molecule has 0 saturated heterocycles. The summed E-state index contributed by atoms with van der Waals surface area (Å²) in [7, 11) is 5.28. The summed E-state index contributed by atoms with van der Waals surface area (Å²) in [6.07, 6.45) is 3.16. The van der Waals surface area contributed by atoms with Crippen LogP contribution >= 0.6 is 0 Å². The Morgan fingerprint density at radius 1 is 1.44 bits per heavy atom. The Kier molecular flexibility index (Phi) is 2.67. The largest absolute Gasteiger partial charge is 0.479 e. The summed E-state index contributed by atoms with van der Waals surface area (Å²) in [6, 6.07) is 0. The fourth-order valence-corrected chi connectivity index (χ4v) is 1.17. The summed E-state index contributed by atoms with van der Waals surface area (Å²) in [4.78, 5) is 21.1. The van der Waals surface area contributed by atoms with Crippen molar-refractivity contribution >= 4 is 23.5 Å². The van der Waals surface area contributed by atoms with Crippen LogP contribution in [-0.2, 0) is 0 Å². The minimum Gasteiger partial charge on any atom is -0.479 e. The summed E-state index contributed by atoms with van der Waals surface area (Å²) in [6.45, 7) is 0. The van der Waals surface area contributed by atoms with Gasteiger partial charge in [0.15, 0.2) is 5.65 Å². The van der Waals surface area contributed by atoms with E-state index in [4.69, 9.17) is 4.74 Å². The molecule has 2 heterocycles. The van der Waals surface area contributed by atoms with Gasteiger partial charge in [0.05, 0.1) is 19.8 Å². The first-order chi connectivity index (χ1) is 7.70. The molecule has 0 unspecified atom stereocenters. The van der Waals surface area contributed by atoms with Crippen LogP contribution in [0.5, 0.6) is 5.88 Å². The van der Waals surface area contributed by atoms with Crippen molar-refractivity contribution in [1.82, 2.24) is 24.8 Å². The maximum Gasteiger partial charge on any atom is 0.256 e. The van der Waals surface area contributed by atoms with Gasteiger partial charge in [-0.3, -0.25) is 0 Å². The van der Waals surface area contributed by atoms with Crippen molar-refractivity contribution in [3.05, 3.63) is 6.33 Å². The van der Waals surface area contributed by atoms with Gasteiger partial charge in [0.2, 0.25) is 5.88 Å². The number of nitrogens with zero attached hydrogens (tertiary/aromatic N) is 5. The third kappa shape index (κ3) is 1.92. The lowest BCUT2D eigenvalue weighted by Gasteiger charge is -2.03. The van der Waals surface area contributed by atoms with Crippen molar-refractivity contribution in [2.24, 2.45) is 4.99 Å². The van der Waals surface area contributed by atoms with Crippen molar-refractivity contribution < 1.29 is 4.74 Å². The van der Waals surface area contributed by atoms with Crippen LogP contribution in [0.3, 0.4) is 0 Å². The van der Waals surface area contributed by atoms with Crippen molar-refractivity contribution in [2.75, 3.05) is 21.2 Å². The average Bonchev–Trinajstić information content (AvgIpc) is 2.73. The molecule has 0 aliphatic rings. The Balaban J connectivity index is 2.47. The molecule has 0 amide bonds. The van der Waals surface area contributed by atoms with Crippen LogP contribution < -0.4 is 4.74 Å². The topological polar surface area (TPSA) is 79.3 Å². The van der Waals surface area contributed by atoms with E-state index < -0.39 is 0 Å². The molecule has 0 bridgehead atoms.